The molecule has 126 valence electrons. The summed E-state index contributed by atoms with van der Waals surface area (Å²) in [5.41, 5.74) is 0.341. The van der Waals surface area contributed by atoms with Crippen LogP contribution in [0.15, 0.2) is 30.9 Å². The number of rotatable bonds is 4. The topological polar surface area (TPSA) is 115 Å². The quantitative estimate of drug-likeness (QED) is 0.639. The molecule has 1 aromatic carbocycles. The third-order valence-electron chi connectivity index (χ3n) is 4.06. The van der Waals surface area contributed by atoms with Crippen LogP contribution in [0.2, 0.25) is 0 Å². The summed E-state index contributed by atoms with van der Waals surface area (Å²) in [4.78, 5) is 27.0. The molecule has 1 aromatic heterocycles. The Balaban J connectivity index is 1.82. The van der Waals surface area contributed by atoms with Crippen molar-refractivity contribution in [2.75, 3.05) is 6.54 Å². The van der Waals surface area contributed by atoms with Gasteiger partial charge in [0, 0.05) is 23.7 Å². The zero-order valence-electron chi connectivity index (χ0n) is 13.2. The number of carbonyl (C=O) groups excluding carboxylic acids is 1. The zero-order valence-corrected chi connectivity index (χ0v) is 13.2. The van der Waals surface area contributed by atoms with E-state index in [1.807, 2.05) is 0 Å². The van der Waals surface area contributed by atoms with Gasteiger partial charge >= 0.3 is 0 Å². The first-order chi connectivity index (χ1) is 11.5. The van der Waals surface area contributed by atoms with E-state index < -0.39 is 4.92 Å². The molecule has 0 radical (unpaired) electrons. The first kappa shape index (κ1) is 16.1. The second kappa shape index (κ2) is 6.75. The summed E-state index contributed by atoms with van der Waals surface area (Å²) in [6.07, 6.45) is 4.35. The van der Waals surface area contributed by atoms with Crippen molar-refractivity contribution < 1.29 is 9.72 Å². The average Bonchev–Trinajstić information content (AvgIpc) is 3.08. The summed E-state index contributed by atoms with van der Waals surface area (Å²) < 4.78 is 1.30. The van der Waals surface area contributed by atoms with Gasteiger partial charge in [-0.05, 0) is 38.4 Å². The maximum absolute atomic E-state index is 12.4. The normalized spacial score (nSPS) is 20.5. The van der Waals surface area contributed by atoms with Gasteiger partial charge in [-0.1, -0.05) is 0 Å². The number of nitrogens with zero attached hydrogens (tertiary/aromatic N) is 4. The van der Waals surface area contributed by atoms with E-state index in [0.29, 0.717) is 6.04 Å². The lowest BCUT2D eigenvalue weighted by Crippen LogP contribution is -2.46. The lowest BCUT2D eigenvalue weighted by molar-refractivity contribution is -0.384. The van der Waals surface area contributed by atoms with Crippen LogP contribution in [0.1, 0.15) is 30.1 Å². The van der Waals surface area contributed by atoms with Crippen LogP contribution in [0, 0.1) is 10.1 Å². The molecule has 2 N–H and O–H groups in total. The number of nitrogens with one attached hydrogen (secondary N) is 2. The van der Waals surface area contributed by atoms with Gasteiger partial charge in [-0.2, -0.15) is 5.10 Å². The van der Waals surface area contributed by atoms with Gasteiger partial charge in [-0.15, -0.1) is 0 Å². The van der Waals surface area contributed by atoms with Gasteiger partial charge in [-0.3, -0.25) is 14.9 Å². The molecule has 1 fully saturated rings. The van der Waals surface area contributed by atoms with E-state index in [4.69, 9.17) is 0 Å². The standard InChI is InChI=1S/C15H18N6O3/c1-10-6-12(4-5-17-10)19-15(22)11-2-3-13(14(7-11)21(23)24)20-9-16-8-18-20/h2-3,7-10,12,17H,4-6H2,1H3,(H,19,22). The van der Waals surface area contributed by atoms with Gasteiger partial charge in [0.1, 0.15) is 18.3 Å². The molecule has 2 atom stereocenters. The Hall–Kier alpha value is -2.81. The number of aromatic nitrogens is 3. The fraction of sp³-hybridized carbons (Fsp3) is 0.400. The van der Waals surface area contributed by atoms with E-state index in [1.165, 1.54) is 29.5 Å². The predicted octanol–water partition coefficient (Wildman–Crippen LogP) is 1.05. The van der Waals surface area contributed by atoms with Crippen molar-refractivity contribution in [3.63, 3.8) is 0 Å². The molecule has 1 aliphatic heterocycles. The third kappa shape index (κ3) is 3.40. The molecule has 9 nitrogen and oxygen atoms in total. The second-order valence-corrected chi connectivity index (χ2v) is 5.85. The number of piperidine rings is 1. The van der Waals surface area contributed by atoms with Crippen LogP contribution in [-0.4, -0.2) is 44.2 Å². The summed E-state index contributed by atoms with van der Waals surface area (Å²) in [5, 5.41) is 21.5. The first-order valence-electron chi connectivity index (χ1n) is 7.72. The summed E-state index contributed by atoms with van der Waals surface area (Å²) in [6.45, 7) is 2.91. The van der Waals surface area contributed by atoms with Crippen LogP contribution < -0.4 is 10.6 Å². The van der Waals surface area contributed by atoms with Crippen LogP contribution in [0.5, 0.6) is 0 Å². The van der Waals surface area contributed by atoms with Crippen molar-refractivity contribution in [1.29, 1.82) is 0 Å². The lowest BCUT2D eigenvalue weighted by atomic mass is 10.00. The smallest absolute Gasteiger partial charge is 0.295 e. The third-order valence-corrected chi connectivity index (χ3v) is 4.06. The van der Waals surface area contributed by atoms with Gasteiger partial charge in [0.2, 0.25) is 0 Å². The Kier molecular flexibility index (Phi) is 4.52. The largest absolute Gasteiger partial charge is 0.349 e. The molecule has 3 rings (SSSR count). The molecule has 24 heavy (non-hydrogen) atoms. The van der Waals surface area contributed by atoms with E-state index in [2.05, 4.69) is 27.6 Å². The second-order valence-electron chi connectivity index (χ2n) is 5.85. The first-order valence-corrected chi connectivity index (χ1v) is 7.72. The van der Waals surface area contributed by atoms with Gasteiger partial charge in [-0.25, -0.2) is 9.67 Å². The summed E-state index contributed by atoms with van der Waals surface area (Å²) >= 11 is 0. The monoisotopic (exact) mass is 330 g/mol. The highest BCUT2D eigenvalue weighted by Gasteiger charge is 2.23. The number of amides is 1. The van der Waals surface area contributed by atoms with E-state index >= 15 is 0 Å². The van der Waals surface area contributed by atoms with Gasteiger partial charge in [0.15, 0.2) is 0 Å². The molecule has 2 aromatic rings. The minimum atomic E-state index is -0.527. The van der Waals surface area contributed by atoms with Gasteiger partial charge in [0.25, 0.3) is 11.6 Å². The van der Waals surface area contributed by atoms with Crippen molar-refractivity contribution in [2.24, 2.45) is 0 Å². The summed E-state index contributed by atoms with van der Waals surface area (Å²) in [6, 6.07) is 4.75. The molecule has 0 saturated carbocycles. The summed E-state index contributed by atoms with van der Waals surface area (Å²) in [7, 11) is 0. The Morgan fingerprint density at radius 2 is 2.33 bits per heavy atom. The molecular formula is C15H18N6O3. The van der Waals surface area contributed by atoms with E-state index in [1.54, 1.807) is 6.07 Å². The highest BCUT2D eigenvalue weighted by atomic mass is 16.6. The van der Waals surface area contributed by atoms with Crippen molar-refractivity contribution in [3.8, 4) is 5.69 Å². The number of carbonyl (C=O) groups is 1. The molecule has 1 aliphatic rings. The molecule has 1 amide bonds. The zero-order chi connectivity index (χ0) is 17.1. The number of hydrogen-bond donors (Lipinski definition) is 2. The Labute approximate surface area is 138 Å². The number of nitro benzene ring substituents is 1. The molecule has 2 unspecified atom stereocenters. The number of nitro groups is 1. The van der Waals surface area contributed by atoms with E-state index in [0.717, 1.165) is 19.4 Å². The molecule has 9 heteroatoms. The SMILES string of the molecule is CC1CC(NC(=O)c2ccc(-n3cncn3)c([N+](=O)[O-])c2)CCN1. The van der Waals surface area contributed by atoms with Crippen LogP contribution in [0.4, 0.5) is 5.69 Å². The molecule has 0 aliphatic carbocycles. The molecule has 0 spiro atoms. The van der Waals surface area contributed by atoms with Crippen LogP contribution >= 0.6 is 0 Å². The number of benzene rings is 1. The Morgan fingerprint density at radius 1 is 1.50 bits per heavy atom. The fourth-order valence-corrected chi connectivity index (χ4v) is 2.87. The molecule has 2 heterocycles. The Bertz CT molecular complexity index is 746. The fourth-order valence-electron chi connectivity index (χ4n) is 2.87. The van der Waals surface area contributed by atoms with Crippen LogP contribution in [0.25, 0.3) is 5.69 Å². The van der Waals surface area contributed by atoms with Crippen molar-refractivity contribution >= 4 is 11.6 Å². The summed E-state index contributed by atoms with van der Waals surface area (Å²) in [5.74, 6) is -0.303. The van der Waals surface area contributed by atoms with Crippen LogP contribution in [-0.2, 0) is 0 Å². The lowest BCUT2D eigenvalue weighted by Gasteiger charge is -2.28. The van der Waals surface area contributed by atoms with Crippen molar-refractivity contribution in [1.82, 2.24) is 25.4 Å². The minimum absolute atomic E-state index is 0.0720. The highest BCUT2D eigenvalue weighted by Crippen LogP contribution is 2.23. The van der Waals surface area contributed by atoms with Gasteiger partial charge < -0.3 is 10.6 Å². The van der Waals surface area contributed by atoms with Crippen LogP contribution in [0.3, 0.4) is 0 Å². The predicted molar refractivity (Wildman–Crippen MR) is 86.0 cm³/mol. The maximum atomic E-state index is 12.4. The minimum Gasteiger partial charge on any atom is -0.349 e. The van der Waals surface area contributed by atoms with E-state index in [-0.39, 0.29) is 28.9 Å². The van der Waals surface area contributed by atoms with Gasteiger partial charge in [0.05, 0.1) is 4.92 Å². The Morgan fingerprint density at radius 3 is 3.00 bits per heavy atom. The number of hydrogen-bond acceptors (Lipinski definition) is 6. The highest BCUT2D eigenvalue weighted by molar-refractivity contribution is 5.95. The van der Waals surface area contributed by atoms with Crippen molar-refractivity contribution in [3.05, 3.63) is 46.5 Å². The molecule has 1 saturated heterocycles. The van der Waals surface area contributed by atoms with E-state index in [9.17, 15) is 14.9 Å². The van der Waals surface area contributed by atoms with Crippen molar-refractivity contribution in [2.45, 2.75) is 31.8 Å². The molecular weight excluding hydrogens is 312 g/mol. The maximum Gasteiger partial charge on any atom is 0.295 e. The average molecular weight is 330 g/mol. The molecule has 0 bridgehead atoms.